The maximum atomic E-state index is 12.6. The van der Waals surface area contributed by atoms with E-state index >= 15 is 0 Å². The van der Waals surface area contributed by atoms with E-state index in [0.29, 0.717) is 0 Å². The first-order valence-corrected chi connectivity index (χ1v) is 7.80. The smallest absolute Gasteiger partial charge is 0.256 e. The highest BCUT2D eigenvalue weighted by Crippen LogP contribution is 2.26. The van der Waals surface area contributed by atoms with Gasteiger partial charge in [0.2, 0.25) is 0 Å². The van der Waals surface area contributed by atoms with Gasteiger partial charge in [0.05, 0.1) is 0 Å². The fourth-order valence-electron chi connectivity index (χ4n) is 3.28. The van der Waals surface area contributed by atoms with Gasteiger partial charge in [0.25, 0.3) is 5.91 Å². The Morgan fingerprint density at radius 3 is 2.48 bits per heavy atom. The number of hydrogen-bond acceptors (Lipinski definition) is 2. The Kier molecular flexibility index (Phi) is 5.32. The second-order valence-electron chi connectivity index (χ2n) is 6.13. The number of anilines is 2. The van der Waals surface area contributed by atoms with Crippen molar-refractivity contribution in [2.75, 3.05) is 17.2 Å². The van der Waals surface area contributed by atoms with Crippen LogP contribution in [0, 0.1) is 20.8 Å². The van der Waals surface area contributed by atoms with Gasteiger partial charge in [-0.05, 0) is 68.5 Å². The fourth-order valence-corrected chi connectivity index (χ4v) is 3.28. The Bertz CT molecular complexity index is 717. The molecule has 0 aromatic heterocycles. The summed E-state index contributed by atoms with van der Waals surface area (Å²) in [6.45, 7) is 7.07. The summed E-state index contributed by atoms with van der Waals surface area (Å²) in [6, 6.07) is 10.2. The predicted molar refractivity (Wildman–Crippen MR) is 99.1 cm³/mol. The zero-order chi connectivity index (χ0) is 15.7. The Morgan fingerprint density at radius 1 is 1.09 bits per heavy atom. The average Bonchev–Trinajstić information content (AvgIpc) is 2.46. The molecule has 0 spiro atoms. The molecule has 1 heterocycles. The highest BCUT2D eigenvalue weighted by Gasteiger charge is 2.14. The Balaban J connectivity index is 0.00000192. The SMILES string of the molecule is Cc1cc(C)c(C(=O)Nc2ccc3c(c2)CCCN3)c(C)c1.Cl. The number of carbonyl (C=O) groups is 1. The molecule has 23 heavy (non-hydrogen) atoms. The van der Waals surface area contributed by atoms with Crippen molar-refractivity contribution in [3.8, 4) is 0 Å². The van der Waals surface area contributed by atoms with Gasteiger partial charge in [0.1, 0.15) is 0 Å². The molecule has 1 amide bonds. The van der Waals surface area contributed by atoms with Crippen LogP contribution < -0.4 is 10.6 Å². The van der Waals surface area contributed by atoms with Gasteiger partial charge in [-0.15, -0.1) is 12.4 Å². The van der Waals surface area contributed by atoms with Crippen molar-refractivity contribution in [3.05, 3.63) is 58.1 Å². The van der Waals surface area contributed by atoms with Gasteiger partial charge in [0.15, 0.2) is 0 Å². The number of aryl methyl sites for hydroxylation is 4. The molecule has 4 heteroatoms. The molecular weight excluding hydrogens is 308 g/mol. The van der Waals surface area contributed by atoms with E-state index in [1.807, 2.05) is 19.9 Å². The third-order valence-corrected chi connectivity index (χ3v) is 4.21. The number of halogens is 1. The van der Waals surface area contributed by atoms with Crippen LogP contribution in [0.3, 0.4) is 0 Å². The fraction of sp³-hybridized carbons (Fsp3) is 0.316. The first-order valence-electron chi connectivity index (χ1n) is 7.80. The summed E-state index contributed by atoms with van der Waals surface area (Å²) in [5.41, 5.74) is 7.34. The summed E-state index contributed by atoms with van der Waals surface area (Å²) in [7, 11) is 0. The summed E-state index contributed by atoms with van der Waals surface area (Å²) in [5.74, 6) is -0.0290. The van der Waals surface area contributed by atoms with Crippen LogP contribution in [0.25, 0.3) is 0 Å². The van der Waals surface area contributed by atoms with Crippen molar-refractivity contribution in [3.63, 3.8) is 0 Å². The minimum atomic E-state index is -0.0290. The number of amides is 1. The van der Waals surface area contributed by atoms with Gasteiger partial charge in [-0.3, -0.25) is 4.79 Å². The van der Waals surface area contributed by atoms with Crippen LogP contribution in [0.4, 0.5) is 11.4 Å². The predicted octanol–water partition coefficient (Wildman–Crippen LogP) is 4.64. The molecule has 0 unspecified atom stereocenters. The van der Waals surface area contributed by atoms with E-state index in [2.05, 4.69) is 41.8 Å². The quantitative estimate of drug-likeness (QED) is 0.842. The number of hydrogen-bond donors (Lipinski definition) is 2. The van der Waals surface area contributed by atoms with Gasteiger partial charge < -0.3 is 10.6 Å². The highest BCUT2D eigenvalue weighted by atomic mass is 35.5. The minimum Gasteiger partial charge on any atom is -0.385 e. The van der Waals surface area contributed by atoms with Crippen molar-refractivity contribution >= 4 is 29.7 Å². The Labute approximate surface area is 143 Å². The summed E-state index contributed by atoms with van der Waals surface area (Å²) in [6.07, 6.45) is 2.20. The lowest BCUT2D eigenvalue weighted by atomic mass is 9.99. The van der Waals surface area contributed by atoms with E-state index in [4.69, 9.17) is 0 Å². The molecule has 2 aromatic rings. The van der Waals surface area contributed by atoms with E-state index in [1.165, 1.54) is 16.8 Å². The minimum absolute atomic E-state index is 0. The van der Waals surface area contributed by atoms with E-state index in [0.717, 1.165) is 41.8 Å². The normalized spacial score (nSPS) is 12.7. The average molecular weight is 331 g/mol. The van der Waals surface area contributed by atoms with Gasteiger partial charge in [-0.2, -0.15) is 0 Å². The molecular formula is C19H23ClN2O. The highest BCUT2D eigenvalue weighted by molar-refractivity contribution is 6.06. The van der Waals surface area contributed by atoms with Crippen LogP contribution in [0.1, 0.15) is 39.0 Å². The first-order chi connectivity index (χ1) is 10.5. The molecule has 0 aliphatic carbocycles. The van der Waals surface area contributed by atoms with Crippen LogP contribution in [0.2, 0.25) is 0 Å². The molecule has 2 N–H and O–H groups in total. The topological polar surface area (TPSA) is 41.1 Å². The zero-order valence-electron chi connectivity index (χ0n) is 13.8. The molecule has 0 saturated heterocycles. The van der Waals surface area contributed by atoms with E-state index < -0.39 is 0 Å². The maximum Gasteiger partial charge on any atom is 0.256 e. The number of carbonyl (C=O) groups excluding carboxylic acids is 1. The van der Waals surface area contributed by atoms with Crippen molar-refractivity contribution < 1.29 is 4.79 Å². The van der Waals surface area contributed by atoms with Gasteiger partial charge in [-0.25, -0.2) is 0 Å². The van der Waals surface area contributed by atoms with Crippen molar-refractivity contribution in [1.29, 1.82) is 0 Å². The second kappa shape index (κ2) is 7.05. The molecule has 1 aliphatic heterocycles. The lowest BCUT2D eigenvalue weighted by molar-refractivity contribution is 0.102. The second-order valence-corrected chi connectivity index (χ2v) is 6.13. The van der Waals surface area contributed by atoms with E-state index in [-0.39, 0.29) is 18.3 Å². The number of rotatable bonds is 2. The monoisotopic (exact) mass is 330 g/mol. The van der Waals surface area contributed by atoms with Crippen LogP contribution in [0.15, 0.2) is 30.3 Å². The number of nitrogens with one attached hydrogen (secondary N) is 2. The summed E-state index contributed by atoms with van der Waals surface area (Å²) >= 11 is 0. The van der Waals surface area contributed by atoms with E-state index in [9.17, 15) is 4.79 Å². The summed E-state index contributed by atoms with van der Waals surface area (Å²) in [4.78, 5) is 12.6. The molecule has 0 bridgehead atoms. The lowest BCUT2D eigenvalue weighted by Crippen LogP contribution is -2.16. The van der Waals surface area contributed by atoms with E-state index in [1.54, 1.807) is 0 Å². The van der Waals surface area contributed by atoms with Crippen LogP contribution in [-0.4, -0.2) is 12.5 Å². The molecule has 3 nitrogen and oxygen atoms in total. The Morgan fingerprint density at radius 2 is 1.78 bits per heavy atom. The summed E-state index contributed by atoms with van der Waals surface area (Å²) < 4.78 is 0. The molecule has 0 atom stereocenters. The molecule has 122 valence electrons. The molecule has 0 radical (unpaired) electrons. The third kappa shape index (κ3) is 3.67. The van der Waals surface area contributed by atoms with Crippen LogP contribution >= 0.6 is 12.4 Å². The van der Waals surface area contributed by atoms with Crippen molar-refractivity contribution in [1.82, 2.24) is 0 Å². The maximum absolute atomic E-state index is 12.6. The largest absolute Gasteiger partial charge is 0.385 e. The van der Waals surface area contributed by atoms with Crippen molar-refractivity contribution in [2.24, 2.45) is 0 Å². The number of fused-ring (bicyclic) bond motifs is 1. The van der Waals surface area contributed by atoms with Gasteiger partial charge in [-0.1, -0.05) is 17.7 Å². The van der Waals surface area contributed by atoms with Crippen LogP contribution in [0.5, 0.6) is 0 Å². The van der Waals surface area contributed by atoms with Crippen molar-refractivity contribution in [2.45, 2.75) is 33.6 Å². The molecule has 3 rings (SSSR count). The molecule has 0 saturated carbocycles. The molecule has 1 aliphatic rings. The van der Waals surface area contributed by atoms with Crippen LogP contribution in [-0.2, 0) is 6.42 Å². The molecule has 2 aromatic carbocycles. The van der Waals surface area contributed by atoms with Gasteiger partial charge >= 0.3 is 0 Å². The van der Waals surface area contributed by atoms with Gasteiger partial charge in [0, 0.05) is 23.5 Å². The zero-order valence-corrected chi connectivity index (χ0v) is 14.6. The first kappa shape index (κ1) is 17.4. The lowest BCUT2D eigenvalue weighted by Gasteiger charge is -2.19. The number of benzene rings is 2. The third-order valence-electron chi connectivity index (χ3n) is 4.21. The summed E-state index contributed by atoms with van der Waals surface area (Å²) in [5, 5.41) is 6.43. The standard InChI is InChI=1S/C19H22N2O.ClH/c1-12-9-13(2)18(14(3)10-12)19(22)21-16-6-7-17-15(11-16)5-4-8-20-17;/h6-7,9-11,20H,4-5,8H2,1-3H3,(H,21,22);1H. The Hall–Kier alpha value is -2.00. The molecule has 0 fully saturated rings.